The fourth-order valence-corrected chi connectivity index (χ4v) is 3.03. The third-order valence-corrected chi connectivity index (χ3v) is 4.36. The smallest absolute Gasteiger partial charge is 0.170 e. The van der Waals surface area contributed by atoms with Gasteiger partial charge in [0.15, 0.2) is 5.78 Å². The SMILES string of the molecule is COC1(C(=O)Cc2nn(C)c3ccccc23)CCOCC1. The number of para-hydroxylation sites is 1. The van der Waals surface area contributed by atoms with Crippen LogP contribution in [-0.4, -0.2) is 41.5 Å². The summed E-state index contributed by atoms with van der Waals surface area (Å²) >= 11 is 0. The zero-order chi connectivity index (χ0) is 14.9. The summed E-state index contributed by atoms with van der Waals surface area (Å²) < 4.78 is 12.7. The van der Waals surface area contributed by atoms with E-state index in [-0.39, 0.29) is 5.78 Å². The van der Waals surface area contributed by atoms with Gasteiger partial charge in [0.05, 0.1) is 17.6 Å². The average molecular weight is 288 g/mol. The van der Waals surface area contributed by atoms with E-state index < -0.39 is 5.60 Å². The van der Waals surface area contributed by atoms with Gasteiger partial charge in [0.1, 0.15) is 5.60 Å². The van der Waals surface area contributed by atoms with Gasteiger partial charge >= 0.3 is 0 Å². The lowest BCUT2D eigenvalue weighted by atomic mass is 9.86. The van der Waals surface area contributed by atoms with Gasteiger partial charge in [0.2, 0.25) is 0 Å². The summed E-state index contributed by atoms with van der Waals surface area (Å²) in [5.41, 5.74) is 1.15. The third-order valence-electron chi connectivity index (χ3n) is 4.36. The van der Waals surface area contributed by atoms with E-state index in [0.29, 0.717) is 32.5 Å². The highest BCUT2D eigenvalue weighted by molar-refractivity contribution is 5.93. The molecule has 3 rings (SSSR count). The maximum absolute atomic E-state index is 12.7. The molecule has 0 atom stereocenters. The number of ketones is 1. The minimum absolute atomic E-state index is 0.0946. The van der Waals surface area contributed by atoms with Crippen molar-refractivity contribution in [3.05, 3.63) is 30.0 Å². The van der Waals surface area contributed by atoms with Crippen LogP contribution in [-0.2, 0) is 27.7 Å². The van der Waals surface area contributed by atoms with Crippen molar-refractivity contribution in [3.8, 4) is 0 Å². The van der Waals surface area contributed by atoms with E-state index in [1.807, 2.05) is 36.0 Å². The van der Waals surface area contributed by atoms with E-state index >= 15 is 0 Å². The molecule has 2 aromatic rings. The summed E-state index contributed by atoms with van der Waals surface area (Å²) in [6, 6.07) is 7.97. The number of benzene rings is 1. The Kier molecular flexibility index (Phi) is 3.78. The van der Waals surface area contributed by atoms with Crippen molar-refractivity contribution in [2.75, 3.05) is 20.3 Å². The lowest BCUT2D eigenvalue weighted by Crippen LogP contribution is -2.46. The molecule has 5 heteroatoms. The molecule has 0 unspecified atom stereocenters. The quantitative estimate of drug-likeness (QED) is 0.862. The fraction of sp³-hybridized carbons (Fsp3) is 0.500. The molecule has 1 aromatic heterocycles. The molecule has 1 aromatic carbocycles. The summed E-state index contributed by atoms with van der Waals surface area (Å²) in [7, 11) is 3.51. The van der Waals surface area contributed by atoms with Gasteiger partial charge in [0.25, 0.3) is 0 Å². The second kappa shape index (κ2) is 5.58. The van der Waals surface area contributed by atoms with Crippen LogP contribution < -0.4 is 0 Å². The van der Waals surface area contributed by atoms with Crippen molar-refractivity contribution < 1.29 is 14.3 Å². The minimum atomic E-state index is -0.711. The van der Waals surface area contributed by atoms with Gasteiger partial charge in [-0.25, -0.2) is 0 Å². The normalized spacial score (nSPS) is 18.0. The van der Waals surface area contributed by atoms with Crippen molar-refractivity contribution >= 4 is 16.7 Å². The van der Waals surface area contributed by atoms with Crippen molar-refractivity contribution in [3.63, 3.8) is 0 Å². The maximum atomic E-state index is 12.7. The standard InChI is InChI=1S/C16H20N2O3/c1-18-14-6-4-3-5-12(14)13(17-18)11-15(19)16(20-2)7-9-21-10-8-16/h3-6H,7-11H2,1-2H3. The Morgan fingerprint density at radius 3 is 2.81 bits per heavy atom. The fourth-order valence-electron chi connectivity index (χ4n) is 3.03. The van der Waals surface area contributed by atoms with E-state index in [1.165, 1.54) is 0 Å². The van der Waals surface area contributed by atoms with E-state index in [2.05, 4.69) is 5.10 Å². The molecule has 0 aliphatic carbocycles. The van der Waals surface area contributed by atoms with E-state index in [1.54, 1.807) is 7.11 Å². The number of hydrogen-bond acceptors (Lipinski definition) is 4. The van der Waals surface area contributed by atoms with Gasteiger partial charge in [-0.1, -0.05) is 18.2 Å². The zero-order valence-electron chi connectivity index (χ0n) is 12.5. The number of aromatic nitrogens is 2. The van der Waals surface area contributed by atoms with Gasteiger partial charge in [-0.3, -0.25) is 9.48 Å². The summed E-state index contributed by atoms with van der Waals surface area (Å²) in [5.74, 6) is 0.0946. The highest BCUT2D eigenvalue weighted by atomic mass is 16.5. The predicted octanol–water partition coefficient (Wildman–Crippen LogP) is 1.88. The van der Waals surface area contributed by atoms with Crippen molar-refractivity contribution in [1.29, 1.82) is 0 Å². The highest BCUT2D eigenvalue weighted by Gasteiger charge is 2.40. The number of carbonyl (C=O) groups excluding carboxylic acids is 1. The number of aryl methyl sites for hydroxylation is 1. The van der Waals surface area contributed by atoms with Crippen LogP contribution in [0.5, 0.6) is 0 Å². The van der Waals surface area contributed by atoms with Crippen LogP contribution in [0.3, 0.4) is 0 Å². The third kappa shape index (κ3) is 2.47. The Balaban J connectivity index is 1.89. The Hall–Kier alpha value is -1.72. The molecule has 2 heterocycles. The van der Waals surface area contributed by atoms with Crippen LogP contribution in [0.15, 0.2) is 24.3 Å². The predicted molar refractivity (Wildman–Crippen MR) is 79.2 cm³/mol. The molecule has 0 N–H and O–H groups in total. The lowest BCUT2D eigenvalue weighted by molar-refractivity contribution is -0.152. The van der Waals surface area contributed by atoms with E-state index in [0.717, 1.165) is 16.6 Å². The number of rotatable bonds is 4. The molecular formula is C16H20N2O3. The molecular weight excluding hydrogens is 268 g/mol. The zero-order valence-corrected chi connectivity index (χ0v) is 12.5. The molecule has 112 valence electrons. The van der Waals surface area contributed by atoms with Gasteiger partial charge in [-0.15, -0.1) is 0 Å². The molecule has 0 amide bonds. The van der Waals surface area contributed by atoms with Crippen LogP contribution in [0.25, 0.3) is 10.9 Å². The van der Waals surface area contributed by atoms with E-state index in [9.17, 15) is 4.79 Å². The van der Waals surface area contributed by atoms with Crippen LogP contribution in [0.2, 0.25) is 0 Å². The molecule has 0 saturated carbocycles. The first kappa shape index (κ1) is 14.2. The highest BCUT2D eigenvalue weighted by Crippen LogP contribution is 2.28. The van der Waals surface area contributed by atoms with Crippen molar-refractivity contribution in [1.82, 2.24) is 9.78 Å². The number of methoxy groups -OCH3 is 1. The molecule has 1 fully saturated rings. The monoisotopic (exact) mass is 288 g/mol. The van der Waals surface area contributed by atoms with Gasteiger partial charge in [-0.2, -0.15) is 5.10 Å². The molecule has 0 radical (unpaired) electrons. The van der Waals surface area contributed by atoms with Crippen LogP contribution in [0.1, 0.15) is 18.5 Å². The first-order chi connectivity index (χ1) is 10.2. The van der Waals surface area contributed by atoms with Crippen molar-refractivity contribution in [2.45, 2.75) is 24.9 Å². The molecule has 21 heavy (non-hydrogen) atoms. The largest absolute Gasteiger partial charge is 0.381 e. The number of carbonyl (C=O) groups is 1. The number of hydrogen-bond donors (Lipinski definition) is 0. The topological polar surface area (TPSA) is 53.3 Å². The van der Waals surface area contributed by atoms with Crippen LogP contribution in [0, 0.1) is 0 Å². The Labute approximate surface area is 123 Å². The second-order valence-corrected chi connectivity index (χ2v) is 5.50. The molecule has 1 saturated heterocycles. The number of fused-ring (bicyclic) bond motifs is 1. The maximum Gasteiger partial charge on any atom is 0.170 e. The van der Waals surface area contributed by atoms with Crippen LogP contribution in [0.4, 0.5) is 0 Å². The van der Waals surface area contributed by atoms with Gasteiger partial charge in [0, 0.05) is 45.6 Å². The summed E-state index contributed by atoms with van der Waals surface area (Å²) in [6.07, 6.45) is 1.54. The minimum Gasteiger partial charge on any atom is -0.381 e. The summed E-state index contributed by atoms with van der Waals surface area (Å²) in [4.78, 5) is 12.7. The Morgan fingerprint density at radius 1 is 1.38 bits per heavy atom. The molecule has 0 spiro atoms. The second-order valence-electron chi connectivity index (χ2n) is 5.50. The first-order valence-electron chi connectivity index (χ1n) is 7.23. The lowest BCUT2D eigenvalue weighted by Gasteiger charge is -2.34. The molecule has 0 bridgehead atoms. The van der Waals surface area contributed by atoms with Crippen LogP contribution >= 0.6 is 0 Å². The average Bonchev–Trinajstić information content (AvgIpc) is 2.85. The van der Waals surface area contributed by atoms with Crippen molar-refractivity contribution in [2.24, 2.45) is 7.05 Å². The number of nitrogens with zero attached hydrogens (tertiary/aromatic N) is 2. The molecule has 5 nitrogen and oxygen atoms in total. The number of ether oxygens (including phenoxy) is 2. The molecule has 1 aliphatic heterocycles. The first-order valence-corrected chi connectivity index (χ1v) is 7.23. The summed E-state index contributed by atoms with van der Waals surface area (Å²) in [5, 5.41) is 5.53. The summed E-state index contributed by atoms with van der Waals surface area (Å²) in [6.45, 7) is 1.14. The Morgan fingerprint density at radius 2 is 2.10 bits per heavy atom. The number of Topliss-reactive ketones (excluding diaryl/α,β-unsaturated/α-hetero) is 1. The van der Waals surface area contributed by atoms with Gasteiger partial charge in [-0.05, 0) is 6.07 Å². The van der Waals surface area contributed by atoms with Gasteiger partial charge < -0.3 is 9.47 Å². The Bertz CT molecular complexity index is 657. The van der Waals surface area contributed by atoms with E-state index in [4.69, 9.17) is 9.47 Å². The molecule has 1 aliphatic rings.